The average molecular weight is 350 g/mol. The van der Waals surface area contributed by atoms with Gasteiger partial charge in [-0.2, -0.15) is 0 Å². The van der Waals surface area contributed by atoms with Gasteiger partial charge in [-0.05, 0) is 61.1 Å². The quantitative estimate of drug-likeness (QED) is 0.890. The average Bonchev–Trinajstić information content (AvgIpc) is 2.68. The molecule has 1 fully saturated rings. The Hall–Kier alpha value is -2.62. The van der Waals surface area contributed by atoms with Gasteiger partial charge in [0.15, 0.2) is 0 Å². The minimum absolute atomic E-state index is 0.0557. The lowest BCUT2D eigenvalue weighted by Gasteiger charge is -2.30. The number of hydrogen-bond donors (Lipinski definition) is 1. The number of carbonyl (C=O) groups is 2. The number of anilines is 1. The van der Waals surface area contributed by atoms with Gasteiger partial charge in [0, 0.05) is 29.9 Å². The number of likely N-dealkylation sites (tertiary alicyclic amines) is 1. The lowest BCUT2D eigenvalue weighted by atomic mass is 9.98. The van der Waals surface area contributed by atoms with Gasteiger partial charge in [0.05, 0.1) is 0 Å². The molecule has 0 unspecified atom stereocenters. The first kappa shape index (κ1) is 18.2. The summed E-state index contributed by atoms with van der Waals surface area (Å²) >= 11 is 0. The minimum Gasteiger partial charge on any atom is -0.339 e. The fraction of sp³-hybridized carbons (Fsp3) is 0.364. The maximum Gasteiger partial charge on any atom is 0.255 e. The summed E-state index contributed by atoms with van der Waals surface area (Å²) in [6.07, 6.45) is 2.98. The van der Waals surface area contributed by atoms with Crippen LogP contribution in [0, 0.1) is 5.92 Å². The molecule has 26 heavy (non-hydrogen) atoms. The number of aryl methyl sites for hydroxylation is 1. The maximum atomic E-state index is 12.6. The molecule has 0 radical (unpaired) electrons. The number of hydrogen-bond acceptors (Lipinski definition) is 2. The predicted octanol–water partition coefficient (Wildman–Crippen LogP) is 4.37. The lowest BCUT2D eigenvalue weighted by molar-refractivity contribution is 0.0697. The molecule has 1 aliphatic heterocycles. The van der Waals surface area contributed by atoms with E-state index in [0.29, 0.717) is 17.0 Å². The Balaban J connectivity index is 1.67. The van der Waals surface area contributed by atoms with Crippen molar-refractivity contribution < 1.29 is 9.59 Å². The molecule has 2 aromatic rings. The second kappa shape index (κ2) is 8.17. The SMILES string of the molecule is CCc1ccccc1NC(=O)c1ccc(C(=O)N2CCC(C)CC2)cc1. The van der Waals surface area contributed by atoms with E-state index in [0.717, 1.165) is 43.6 Å². The molecular weight excluding hydrogens is 324 g/mol. The third-order valence-corrected chi connectivity index (χ3v) is 5.11. The molecule has 0 spiro atoms. The Morgan fingerprint density at radius 2 is 1.62 bits per heavy atom. The van der Waals surface area contributed by atoms with Crippen LogP contribution in [-0.4, -0.2) is 29.8 Å². The zero-order chi connectivity index (χ0) is 18.5. The van der Waals surface area contributed by atoms with Crippen molar-refractivity contribution in [2.45, 2.75) is 33.1 Å². The lowest BCUT2D eigenvalue weighted by Crippen LogP contribution is -2.37. The van der Waals surface area contributed by atoms with E-state index < -0.39 is 0 Å². The van der Waals surface area contributed by atoms with E-state index in [4.69, 9.17) is 0 Å². The Kier molecular flexibility index (Phi) is 5.71. The Labute approximate surface area is 155 Å². The van der Waals surface area contributed by atoms with Crippen molar-refractivity contribution in [2.24, 2.45) is 5.92 Å². The van der Waals surface area contributed by atoms with Crippen LogP contribution in [0.2, 0.25) is 0 Å². The summed E-state index contributed by atoms with van der Waals surface area (Å²) in [5, 5.41) is 2.96. The number of para-hydroxylation sites is 1. The van der Waals surface area contributed by atoms with Gasteiger partial charge in [-0.25, -0.2) is 0 Å². The molecular formula is C22H26N2O2. The van der Waals surface area contributed by atoms with Crippen molar-refractivity contribution in [1.82, 2.24) is 4.90 Å². The molecule has 4 nitrogen and oxygen atoms in total. The van der Waals surface area contributed by atoms with Crippen molar-refractivity contribution in [3.8, 4) is 0 Å². The Bertz CT molecular complexity index is 775. The molecule has 0 bridgehead atoms. The third kappa shape index (κ3) is 4.13. The van der Waals surface area contributed by atoms with Gasteiger partial charge < -0.3 is 10.2 Å². The summed E-state index contributed by atoms with van der Waals surface area (Å²) < 4.78 is 0. The van der Waals surface area contributed by atoms with E-state index in [9.17, 15) is 9.59 Å². The Morgan fingerprint density at radius 1 is 1.00 bits per heavy atom. The van der Waals surface area contributed by atoms with Crippen molar-refractivity contribution in [3.05, 3.63) is 65.2 Å². The molecule has 1 heterocycles. The highest BCUT2D eigenvalue weighted by molar-refractivity contribution is 6.05. The number of carbonyl (C=O) groups excluding carboxylic acids is 2. The minimum atomic E-state index is -0.156. The van der Waals surface area contributed by atoms with Crippen LogP contribution in [0.25, 0.3) is 0 Å². The van der Waals surface area contributed by atoms with Gasteiger partial charge in [0.2, 0.25) is 0 Å². The molecule has 1 saturated heterocycles. The van der Waals surface area contributed by atoms with E-state index in [1.807, 2.05) is 29.2 Å². The summed E-state index contributed by atoms with van der Waals surface area (Å²) in [6.45, 7) is 5.92. The third-order valence-electron chi connectivity index (χ3n) is 5.11. The number of amides is 2. The van der Waals surface area contributed by atoms with Crippen LogP contribution in [-0.2, 0) is 6.42 Å². The van der Waals surface area contributed by atoms with Crippen LogP contribution >= 0.6 is 0 Å². The zero-order valence-electron chi connectivity index (χ0n) is 15.5. The molecule has 0 aliphatic carbocycles. The van der Waals surface area contributed by atoms with Crippen LogP contribution < -0.4 is 5.32 Å². The fourth-order valence-electron chi connectivity index (χ4n) is 3.30. The van der Waals surface area contributed by atoms with Crippen molar-refractivity contribution in [1.29, 1.82) is 0 Å². The van der Waals surface area contributed by atoms with Gasteiger partial charge in [0.1, 0.15) is 0 Å². The van der Waals surface area contributed by atoms with Gasteiger partial charge in [-0.15, -0.1) is 0 Å². The predicted molar refractivity (Wildman–Crippen MR) is 105 cm³/mol. The molecule has 1 aliphatic rings. The van der Waals surface area contributed by atoms with E-state index in [-0.39, 0.29) is 11.8 Å². The van der Waals surface area contributed by atoms with Crippen molar-refractivity contribution in [3.63, 3.8) is 0 Å². The standard InChI is InChI=1S/C22H26N2O2/c1-3-17-6-4-5-7-20(17)23-21(25)18-8-10-19(11-9-18)22(26)24-14-12-16(2)13-15-24/h4-11,16H,3,12-15H2,1-2H3,(H,23,25). The first-order valence-electron chi connectivity index (χ1n) is 9.37. The monoisotopic (exact) mass is 350 g/mol. The molecule has 2 aromatic carbocycles. The second-order valence-electron chi connectivity index (χ2n) is 7.02. The molecule has 0 aromatic heterocycles. The van der Waals surface area contributed by atoms with Crippen LogP contribution in [0.3, 0.4) is 0 Å². The van der Waals surface area contributed by atoms with E-state index in [1.165, 1.54) is 0 Å². The molecule has 3 rings (SSSR count). The zero-order valence-corrected chi connectivity index (χ0v) is 15.5. The second-order valence-corrected chi connectivity index (χ2v) is 7.02. The number of piperidine rings is 1. The topological polar surface area (TPSA) is 49.4 Å². The summed E-state index contributed by atoms with van der Waals surface area (Å²) in [5.41, 5.74) is 3.14. The summed E-state index contributed by atoms with van der Waals surface area (Å²) in [4.78, 5) is 27.0. The number of nitrogens with one attached hydrogen (secondary N) is 1. The number of rotatable bonds is 4. The fourth-order valence-corrected chi connectivity index (χ4v) is 3.30. The summed E-state index contributed by atoms with van der Waals surface area (Å²) in [7, 11) is 0. The van der Waals surface area contributed by atoms with Crippen LogP contribution in [0.15, 0.2) is 48.5 Å². The maximum absolute atomic E-state index is 12.6. The van der Waals surface area contributed by atoms with E-state index in [1.54, 1.807) is 24.3 Å². The molecule has 0 atom stereocenters. The highest BCUT2D eigenvalue weighted by Gasteiger charge is 2.21. The van der Waals surface area contributed by atoms with E-state index in [2.05, 4.69) is 19.2 Å². The molecule has 4 heteroatoms. The molecule has 2 amide bonds. The number of nitrogens with zero attached hydrogens (tertiary/aromatic N) is 1. The normalized spacial score (nSPS) is 14.9. The van der Waals surface area contributed by atoms with Gasteiger partial charge >= 0.3 is 0 Å². The highest BCUT2D eigenvalue weighted by Crippen LogP contribution is 2.19. The molecule has 136 valence electrons. The van der Waals surface area contributed by atoms with Gasteiger partial charge in [0.25, 0.3) is 11.8 Å². The summed E-state index contributed by atoms with van der Waals surface area (Å²) in [6, 6.07) is 14.8. The first-order valence-corrected chi connectivity index (χ1v) is 9.37. The first-order chi connectivity index (χ1) is 12.6. The van der Waals surface area contributed by atoms with Crippen LogP contribution in [0.5, 0.6) is 0 Å². The molecule has 1 N–H and O–H groups in total. The summed E-state index contributed by atoms with van der Waals surface area (Å²) in [5.74, 6) is 0.591. The van der Waals surface area contributed by atoms with Crippen molar-refractivity contribution in [2.75, 3.05) is 18.4 Å². The van der Waals surface area contributed by atoms with Crippen molar-refractivity contribution >= 4 is 17.5 Å². The van der Waals surface area contributed by atoms with Crippen LogP contribution in [0.1, 0.15) is 53.0 Å². The van der Waals surface area contributed by atoms with Gasteiger partial charge in [-0.1, -0.05) is 32.0 Å². The number of benzene rings is 2. The van der Waals surface area contributed by atoms with E-state index >= 15 is 0 Å². The van der Waals surface area contributed by atoms with Gasteiger partial charge in [-0.3, -0.25) is 9.59 Å². The smallest absolute Gasteiger partial charge is 0.255 e. The Morgan fingerprint density at radius 3 is 2.27 bits per heavy atom. The van der Waals surface area contributed by atoms with Crippen LogP contribution in [0.4, 0.5) is 5.69 Å². The largest absolute Gasteiger partial charge is 0.339 e. The highest BCUT2D eigenvalue weighted by atomic mass is 16.2. The molecule has 0 saturated carbocycles.